The molecule has 1 aromatic rings. The van der Waals surface area contributed by atoms with E-state index in [0.717, 1.165) is 6.42 Å². The van der Waals surface area contributed by atoms with Gasteiger partial charge in [0.15, 0.2) is 0 Å². The number of carboxylic acids is 1. The number of hydrogen-bond donors (Lipinski definition) is 2. The molecule has 14 heavy (non-hydrogen) atoms. The van der Waals surface area contributed by atoms with Crippen LogP contribution in [0, 0.1) is 0 Å². The molecule has 0 atom stereocenters. The van der Waals surface area contributed by atoms with Crippen molar-refractivity contribution in [3.8, 4) is 0 Å². The number of aromatic carboxylic acids is 1. The number of nitrogens with zero attached hydrogens (tertiary/aromatic N) is 1. The summed E-state index contributed by atoms with van der Waals surface area (Å²) in [6.45, 7) is 0.578. The standard InChI is InChI=1S/C10H12N2O2/c11-5-2-1-3-9-7-8(10(13)14)4-6-12-9/h1,3-4,6-7H,2,5,11H2,(H,13,14). The predicted octanol–water partition coefficient (Wildman–Crippen LogP) is 1.14. The molecule has 0 aromatic carbocycles. The van der Waals surface area contributed by atoms with Gasteiger partial charge in [-0.25, -0.2) is 4.79 Å². The number of rotatable bonds is 4. The lowest BCUT2D eigenvalue weighted by atomic mass is 10.2. The van der Waals surface area contributed by atoms with E-state index in [1.807, 2.05) is 6.08 Å². The third-order valence-electron chi connectivity index (χ3n) is 1.65. The Kier molecular flexibility index (Phi) is 3.82. The predicted molar refractivity (Wildman–Crippen MR) is 53.9 cm³/mol. The average Bonchev–Trinajstić information content (AvgIpc) is 2.19. The molecule has 0 saturated carbocycles. The number of pyridine rings is 1. The summed E-state index contributed by atoms with van der Waals surface area (Å²) < 4.78 is 0. The highest BCUT2D eigenvalue weighted by molar-refractivity contribution is 5.87. The van der Waals surface area contributed by atoms with Crippen LogP contribution < -0.4 is 5.73 Å². The Balaban J connectivity index is 2.78. The van der Waals surface area contributed by atoms with E-state index in [0.29, 0.717) is 12.2 Å². The Labute approximate surface area is 82.1 Å². The van der Waals surface area contributed by atoms with Gasteiger partial charge in [-0.1, -0.05) is 6.08 Å². The molecule has 0 bridgehead atoms. The minimum Gasteiger partial charge on any atom is -0.478 e. The van der Waals surface area contributed by atoms with Gasteiger partial charge in [-0.2, -0.15) is 0 Å². The van der Waals surface area contributed by atoms with Gasteiger partial charge in [0.1, 0.15) is 0 Å². The van der Waals surface area contributed by atoms with Crippen LogP contribution in [0.5, 0.6) is 0 Å². The van der Waals surface area contributed by atoms with E-state index >= 15 is 0 Å². The largest absolute Gasteiger partial charge is 0.478 e. The van der Waals surface area contributed by atoms with Crippen LogP contribution in [0.25, 0.3) is 6.08 Å². The molecule has 0 aliphatic carbocycles. The van der Waals surface area contributed by atoms with Crippen LogP contribution in [0.4, 0.5) is 0 Å². The van der Waals surface area contributed by atoms with Crippen molar-refractivity contribution in [2.24, 2.45) is 5.73 Å². The first-order valence-electron chi connectivity index (χ1n) is 4.30. The van der Waals surface area contributed by atoms with Crippen LogP contribution >= 0.6 is 0 Å². The molecular weight excluding hydrogens is 180 g/mol. The lowest BCUT2D eigenvalue weighted by molar-refractivity contribution is 0.0696. The molecule has 0 unspecified atom stereocenters. The first kappa shape index (κ1) is 10.4. The Morgan fingerprint density at radius 2 is 2.43 bits per heavy atom. The Morgan fingerprint density at radius 1 is 1.64 bits per heavy atom. The third-order valence-corrected chi connectivity index (χ3v) is 1.65. The van der Waals surface area contributed by atoms with Crippen LogP contribution in [0.3, 0.4) is 0 Å². The molecule has 0 spiro atoms. The maximum absolute atomic E-state index is 10.6. The van der Waals surface area contributed by atoms with Crippen LogP contribution in [-0.4, -0.2) is 22.6 Å². The molecule has 0 saturated heterocycles. The highest BCUT2D eigenvalue weighted by Crippen LogP contribution is 2.03. The summed E-state index contributed by atoms with van der Waals surface area (Å²) in [6, 6.07) is 2.98. The maximum atomic E-state index is 10.6. The Morgan fingerprint density at radius 3 is 3.07 bits per heavy atom. The lowest BCUT2D eigenvalue weighted by Gasteiger charge is -1.95. The van der Waals surface area contributed by atoms with Gasteiger partial charge in [0.25, 0.3) is 0 Å². The third kappa shape index (κ3) is 2.99. The molecule has 0 fully saturated rings. The van der Waals surface area contributed by atoms with Gasteiger partial charge in [0, 0.05) is 6.20 Å². The summed E-state index contributed by atoms with van der Waals surface area (Å²) in [5.41, 5.74) is 6.19. The topological polar surface area (TPSA) is 76.2 Å². The van der Waals surface area contributed by atoms with E-state index in [4.69, 9.17) is 10.8 Å². The molecule has 4 nitrogen and oxygen atoms in total. The number of aromatic nitrogens is 1. The fourth-order valence-electron chi connectivity index (χ4n) is 0.973. The Hall–Kier alpha value is -1.68. The smallest absolute Gasteiger partial charge is 0.335 e. The molecule has 0 aliphatic heterocycles. The second-order valence-corrected chi connectivity index (χ2v) is 2.75. The van der Waals surface area contributed by atoms with Crippen molar-refractivity contribution in [2.75, 3.05) is 6.54 Å². The number of hydrogen-bond acceptors (Lipinski definition) is 3. The van der Waals surface area contributed by atoms with Gasteiger partial charge >= 0.3 is 5.97 Å². The number of nitrogens with two attached hydrogens (primary N) is 1. The number of carbonyl (C=O) groups is 1. The van der Waals surface area contributed by atoms with Crippen LogP contribution in [0.1, 0.15) is 22.5 Å². The number of carboxylic acid groups (broad SMARTS) is 1. The normalized spacial score (nSPS) is 10.6. The van der Waals surface area contributed by atoms with E-state index in [-0.39, 0.29) is 5.56 Å². The zero-order valence-corrected chi connectivity index (χ0v) is 7.68. The monoisotopic (exact) mass is 192 g/mol. The summed E-state index contributed by atoms with van der Waals surface area (Å²) in [6.07, 6.45) is 5.87. The first-order chi connectivity index (χ1) is 6.74. The van der Waals surface area contributed by atoms with Gasteiger partial charge < -0.3 is 10.8 Å². The lowest BCUT2D eigenvalue weighted by Crippen LogP contribution is -1.97. The van der Waals surface area contributed by atoms with Crippen molar-refractivity contribution in [2.45, 2.75) is 6.42 Å². The highest BCUT2D eigenvalue weighted by Gasteiger charge is 2.01. The van der Waals surface area contributed by atoms with E-state index in [1.165, 1.54) is 18.3 Å². The summed E-state index contributed by atoms with van der Waals surface area (Å²) in [7, 11) is 0. The van der Waals surface area contributed by atoms with Gasteiger partial charge in [0.05, 0.1) is 11.3 Å². The highest BCUT2D eigenvalue weighted by atomic mass is 16.4. The first-order valence-corrected chi connectivity index (χ1v) is 4.30. The SMILES string of the molecule is NCCC=Cc1cc(C(=O)O)ccn1. The van der Waals surface area contributed by atoms with Crippen molar-refractivity contribution in [1.29, 1.82) is 0 Å². The molecule has 3 N–H and O–H groups in total. The van der Waals surface area contributed by atoms with Gasteiger partial charge in [-0.05, 0) is 31.2 Å². The fraction of sp³-hybridized carbons (Fsp3) is 0.200. The molecule has 1 rings (SSSR count). The molecule has 0 amide bonds. The average molecular weight is 192 g/mol. The van der Waals surface area contributed by atoms with Gasteiger partial charge in [-0.15, -0.1) is 0 Å². The van der Waals surface area contributed by atoms with Crippen molar-refractivity contribution in [1.82, 2.24) is 4.98 Å². The van der Waals surface area contributed by atoms with E-state index in [9.17, 15) is 4.79 Å². The molecule has 1 heterocycles. The molecule has 0 radical (unpaired) electrons. The van der Waals surface area contributed by atoms with Crippen molar-refractivity contribution in [3.63, 3.8) is 0 Å². The van der Waals surface area contributed by atoms with E-state index < -0.39 is 5.97 Å². The molecular formula is C10H12N2O2. The summed E-state index contributed by atoms with van der Waals surface area (Å²) in [5.74, 6) is -0.944. The second-order valence-electron chi connectivity index (χ2n) is 2.75. The van der Waals surface area contributed by atoms with Crippen LogP contribution in [-0.2, 0) is 0 Å². The molecule has 0 aliphatic rings. The van der Waals surface area contributed by atoms with E-state index in [2.05, 4.69) is 4.98 Å². The summed E-state index contributed by atoms with van der Waals surface area (Å²) >= 11 is 0. The molecule has 1 aromatic heterocycles. The van der Waals surface area contributed by atoms with Gasteiger partial charge in [0.2, 0.25) is 0 Å². The quantitative estimate of drug-likeness (QED) is 0.750. The second kappa shape index (κ2) is 5.14. The zero-order valence-electron chi connectivity index (χ0n) is 7.68. The minimum absolute atomic E-state index is 0.243. The minimum atomic E-state index is -0.944. The summed E-state index contributed by atoms with van der Waals surface area (Å²) in [4.78, 5) is 14.6. The molecule has 74 valence electrons. The Bertz CT molecular complexity index is 348. The summed E-state index contributed by atoms with van der Waals surface area (Å²) in [5, 5.41) is 8.71. The fourth-order valence-corrected chi connectivity index (χ4v) is 0.973. The van der Waals surface area contributed by atoms with Gasteiger partial charge in [-0.3, -0.25) is 4.98 Å². The van der Waals surface area contributed by atoms with Crippen LogP contribution in [0.15, 0.2) is 24.4 Å². The van der Waals surface area contributed by atoms with Crippen molar-refractivity contribution in [3.05, 3.63) is 35.7 Å². The van der Waals surface area contributed by atoms with Crippen molar-refractivity contribution < 1.29 is 9.90 Å². The van der Waals surface area contributed by atoms with Crippen molar-refractivity contribution >= 4 is 12.0 Å². The zero-order chi connectivity index (χ0) is 10.4. The maximum Gasteiger partial charge on any atom is 0.335 e. The van der Waals surface area contributed by atoms with E-state index in [1.54, 1.807) is 6.08 Å². The molecule has 4 heteroatoms. The van der Waals surface area contributed by atoms with Crippen LogP contribution in [0.2, 0.25) is 0 Å².